The first-order chi connectivity index (χ1) is 11.5. The van der Waals surface area contributed by atoms with Crippen LogP contribution >= 0.6 is 0 Å². The van der Waals surface area contributed by atoms with Crippen molar-refractivity contribution in [1.29, 1.82) is 0 Å². The number of fused-ring (bicyclic) bond motifs is 1. The van der Waals surface area contributed by atoms with Gasteiger partial charge in [-0.05, 0) is 51.8 Å². The lowest BCUT2D eigenvalue weighted by molar-refractivity contribution is 0.325. The molecule has 2 rings (SSSR count). The fourth-order valence-electron chi connectivity index (χ4n) is 2.31. The largest absolute Gasteiger partial charge is 0.493 e. The molecule has 0 spiro atoms. The average Bonchev–Trinajstić information content (AvgIpc) is 2.54. The Morgan fingerprint density at radius 3 is 2.62 bits per heavy atom. The second-order valence-electron chi connectivity index (χ2n) is 5.98. The summed E-state index contributed by atoms with van der Waals surface area (Å²) in [5, 5.41) is 0.801. The van der Waals surface area contributed by atoms with Crippen LogP contribution in [0.4, 0.5) is 0 Å². The van der Waals surface area contributed by atoms with E-state index in [0.29, 0.717) is 23.7 Å². The predicted octanol–water partition coefficient (Wildman–Crippen LogP) is 4.87. The van der Waals surface area contributed by atoms with Gasteiger partial charge in [0.25, 0.3) is 0 Å². The van der Waals surface area contributed by atoms with Crippen LogP contribution in [0, 0.1) is 0 Å². The van der Waals surface area contributed by atoms with E-state index in [2.05, 4.69) is 32.9 Å². The van der Waals surface area contributed by atoms with Crippen molar-refractivity contribution >= 4 is 11.0 Å². The average molecular weight is 328 g/mol. The summed E-state index contributed by atoms with van der Waals surface area (Å²) in [7, 11) is 1.57. The number of hydrogen-bond donors (Lipinski definition) is 0. The molecule has 0 bridgehead atoms. The summed E-state index contributed by atoms with van der Waals surface area (Å²) in [5.41, 5.74) is 2.73. The number of hydrogen-bond acceptors (Lipinski definition) is 4. The van der Waals surface area contributed by atoms with Gasteiger partial charge in [-0.15, -0.1) is 0 Å². The molecule has 0 aliphatic heterocycles. The molecule has 2 aromatic rings. The summed E-state index contributed by atoms with van der Waals surface area (Å²) in [4.78, 5) is 11.3. The van der Waals surface area contributed by atoms with Crippen molar-refractivity contribution in [3.8, 4) is 11.5 Å². The quantitative estimate of drug-likeness (QED) is 0.537. The molecule has 0 saturated carbocycles. The molecule has 0 atom stereocenters. The maximum absolute atomic E-state index is 11.3. The van der Waals surface area contributed by atoms with E-state index in [1.807, 2.05) is 6.07 Å². The van der Waals surface area contributed by atoms with Crippen LogP contribution in [0.2, 0.25) is 0 Å². The van der Waals surface area contributed by atoms with Gasteiger partial charge in [0.05, 0.1) is 7.11 Å². The number of benzene rings is 1. The van der Waals surface area contributed by atoms with Gasteiger partial charge in [0, 0.05) is 17.5 Å². The van der Waals surface area contributed by atoms with E-state index in [0.717, 1.165) is 18.2 Å². The molecule has 0 fully saturated rings. The molecule has 128 valence electrons. The van der Waals surface area contributed by atoms with Crippen LogP contribution in [0.3, 0.4) is 0 Å². The molecule has 0 aliphatic carbocycles. The lowest BCUT2D eigenvalue weighted by atomic mass is 10.1. The fourth-order valence-corrected chi connectivity index (χ4v) is 2.31. The highest BCUT2D eigenvalue weighted by molar-refractivity contribution is 5.80. The molecule has 0 saturated heterocycles. The standard InChI is InChI=1S/C20H24O4/c1-14(2)6-5-7-15(3)10-11-23-19-12-16-8-9-20(21)24-17(16)13-18(19)22-4/h6,8-10,12-13H,5,7,11H2,1-4H3/b15-10+. The van der Waals surface area contributed by atoms with Gasteiger partial charge >= 0.3 is 5.63 Å². The van der Waals surface area contributed by atoms with Crippen molar-refractivity contribution in [3.63, 3.8) is 0 Å². The third kappa shape index (κ3) is 5.01. The van der Waals surface area contributed by atoms with E-state index < -0.39 is 0 Å². The molecule has 0 aliphatic rings. The zero-order chi connectivity index (χ0) is 17.5. The zero-order valence-electron chi connectivity index (χ0n) is 14.7. The first kappa shape index (κ1) is 17.9. The van der Waals surface area contributed by atoms with Gasteiger partial charge in [-0.3, -0.25) is 0 Å². The summed E-state index contributed by atoms with van der Waals surface area (Å²) in [5.74, 6) is 1.18. The van der Waals surface area contributed by atoms with Crippen LogP contribution in [-0.4, -0.2) is 13.7 Å². The highest BCUT2D eigenvalue weighted by Crippen LogP contribution is 2.31. The topological polar surface area (TPSA) is 48.7 Å². The van der Waals surface area contributed by atoms with Crippen molar-refractivity contribution in [1.82, 2.24) is 0 Å². The van der Waals surface area contributed by atoms with Crippen molar-refractivity contribution in [2.75, 3.05) is 13.7 Å². The minimum atomic E-state index is -0.381. The lowest BCUT2D eigenvalue weighted by Crippen LogP contribution is -1.99. The Balaban J connectivity index is 2.07. The van der Waals surface area contributed by atoms with E-state index in [4.69, 9.17) is 13.9 Å². The van der Waals surface area contributed by atoms with Crippen LogP contribution < -0.4 is 15.1 Å². The number of methoxy groups -OCH3 is 1. The highest BCUT2D eigenvalue weighted by Gasteiger charge is 2.08. The Morgan fingerprint density at radius 1 is 1.12 bits per heavy atom. The molecule has 0 radical (unpaired) electrons. The second-order valence-corrected chi connectivity index (χ2v) is 5.98. The summed E-state index contributed by atoms with van der Waals surface area (Å²) in [6, 6.07) is 6.61. The molecular formula is C20H24O4. The van der Waals surface area contributed by atoms with Crippen LogP contribution in [0.15, 0.2) is 56.8 Å². The Labute approximate surface area is 142 Å². The number of ether oxygens (including phenoxy) is 2. The zero-order valence-corrected chi connectivity index (χ0v) is 14.7. The minimum Gasteiger partial charge on any atom is -0.493 e. The van der Waals surface area contributed by atoms with Crippen molar-refractivity contribution in [2.45, 2.75) is 33.6 Å². The van der Waals surface area contributed by atoms with Gasteiger partial charge in [0.2, 0.25) is 0 Å². The van der Waals surface area contributed by atoms with E-state index in [1.54, 1.807) is 19.2 Å². The number of allylic oxidation sites excluding steroid dienone is 3. The van der Waals surface area contributed by atoms with E-state index in [1.165, 1.54) is 17.2 Å². The van der Waals surface area contributed by atoms with E-state index in [-0.39, 0.29) is 5.63 Å². The van der Waals surface area contributed by atoms with Gasteiger partial charge in [0.15, 0.2) is 11.5 Å². The maximum atomic E-state index is 11.3. The third-order valence-electron chi connectivity index (χ3n) is 3.67. The Kier molecular flexibility index (Phi) is 6.24. The maximum Gasteiger partial charge on any atom is 0.336 e. The second kappa shape index (κ2) is 8.39. The molecule has 4 nitrogen and oxygen atoms in total. The minimum absolute atomic E-state index is 0.381. The summed E-state index contributed by atoms with van der Waals surface area (Å²) in [6.07, 6.45) is 6.38. The fraction of sp³-hybridized carbons (Fsp3) is 0.350. The van der Waals surface area contributed by atoms with Gasteiger partial charge in [-0.1, -0.05) is 17.2 Å². The smallest absolute Gasteiger partial charge is 0.336 e. The van der Waals surface area contributed by atoms with Gasteiger partial charge < -0.3 is 13.9 Å². The van der Waals surface area contributed by atoms with Crippen molar-refractivity contribution in [3.05, 3.63) is 58.0 Å². The molecule has 1 aromatic carbocycles. The molecule has 1 aromatic heterocycles. The molecule has 4 heteroatoms. The first-order valence-corrected chi connectivity index (χ1v) is 8.03. The monoisotopic (exact) mass is 328 g/mol. The Bertz CT molecular complexity index is 808. The van der Waals surface area contributed by atoms with Crippen molar-refractivity contribution < 1.29 is 13.9 Å². The lowest BCUT2D eigenvalue weighted by Gasteiger charge is -2.10. The van der Waals surface area contributed by atoms with Crippen LogP contribution in [0.5, 0.6) is 11.5 Å². The molecule has 24 heavy (non-hydrogen) atoms. The normalized spacial score (nSPS) is 11.4. The molecule has 1 heterocycles. The summed E-state index contributed by atoms with van der Waals surface area (Å²) in [6.45, 7) is 6.79. The van der Waals surface area contributed by atoms with Gasteiger partial charge in [-0.2, -0.15) is 0 Å². The predicted molar refractivity (Wildman–Crippen MR) is 97.0 cm³/mol. The Hall–Kier alpha value is -2.49. The summed E-state index contributed by atoms with van der Waals surface area (Å²) < 4.78 is 16.3. The van der Waals surface area contributed by atoms with Crippen LogP contribution in [-0.2, 0) is 0 Å². The molecule has 0 amide bonds. The van der Waals surface area contributed by atoms with E-state index >= 15 is 0 Å². The third-order valence-corrected chi connectivity index (χ3v) is 3.67. The first-order valence-electron chi connectivity index (χ1n) is 8.03. The Morgan fingerprint density at radius 2 is 1.92 bits per heavy atom. The molecule has 0 N–H and O–H groups in total. The number of rotatable bonds is 7. The van der Waals surface area contributed by atoms with E-state index in [9.17, 15) is 4.79 Å². The summed E-state index contributed by atoms with van der Waals surface area (Å²) >= 11 is 0. The van der Waals surface area contributed by atoms with Crippen molar-refractivity contribution in [2.24, 2.45) is 0 Å². The van der Waals surface area contributed by atoms with Gasteiger partial charge in [-0.25, -0.2) is 4.79 Å². The highest BCUT2D eigenvalue weighted by atomic mass is 16.5. The molecular weight excluding hydrogens is 304 g/mol. The van der Waals surface area contributed by atoms with Crippen LogP contribution in [0.1, 0.15) is 33.6 Å². The van der Waals surface area contributed by atoms with Crippen LogP contribution in [0.25, 0.3) is 11.0 Å². The van der Waals surface area contributed by atoms with Gasteiger partial charge in [0.1, 0.15) is 12.2 Å². The molecule has 0 unspecified atom stereocenters. The SMILES string of the molecule is COc1cc2oc(=O)ccc2cc1OC/C=C(\C)CCC=C(C)C.